The Morgan fingerprint density at radius 2 is 1.90 bits per heavy atom. The van der Waals surface area contributed by atoms with E-state index in [1.54, 1.807) is 6.07 Å². The summed E-state index contributed by atoms with van der Waals surface area (Å²) in [5.74, 6) is 1.50. The second-order valence-electron chi connectivity index (χ2n) is 6.69. The van der Waals surface area contributed by atoms with Gasteiger partial charge in [0.15, 0.2) is 5.16 Å². The van der Waals surface area contributed by atoms with Crippen LogP contribution in [0, 0.1) is 0 Å². The SMILES string of the molecule is C=CCn1c(Cc2ccccc2)nnc1S[C@@H](C)c1nc2ccccc2c(=O)[nH]1. The summed E-state index contributed by atoms with van der Waals surface area (Å²) in [6.07, 6.45) is 2.53. The Hall–Kier alpha value is -3.19. The monoisotopic (exact) mass is 403 g/mol. The van der Waals surface area contributed by atoms with Gasteiger partial charge in [-0.2, -0.15) is 0 Å². The molecule has 0 saturated heterocycles. The Morgan fingerprint density at radius 3 is 2.69 bits per heavy atom. The van der Waals surface area contributed by atoms with Crippen LogP contribution >= 0.6 is 11.8 Å². The van der Waals surface area contributed by atoms with Gasteiger partial charge in [-0.25, -0.2) is 4.98 Å². The Morgan fingerprint density at radius 1 is 1.14 bits per heavy atom. The third kappa shape index (κ3) is 4.14. The van der Waals surface area contributed by atoms with Crippen molar-refractivity contribution in [2.24, 2.45) is 0 Å². The van der Waals surface area contributed by atoms with E-state index in [2.05, 4.69) is 43.4 Å². The molecular formula is C22H21N5OS. The van der Waals surface area contributed by atoms with E-state index in [0.717, 1.165) is 11.0 Å². The zero-order chi connectivity index (χ0) is 20.2. The standard InChI is InChI=1S/C22H21N5OS/c1-3-13-27-19(14-16-9-5-4-6-10-16)25-26-22(27)29-15(2)20-23-18-12-8-7-11-17(18)21(28)24-20/h3-12,15H,1,13-14H2,2H3,(H,23,24,28)/t15-/m0/s1. The molecule has 0 amide bonds. The highest BCUT2D eigenvalue weighted by atomic mass is 32.2. The van der Waals surface area contributed by atoms with Gasteiger partial charge in [0.25, 0.3) is 5.56 Å². The lowest BCUT2D eigenvalue weighted by molar-refractivity contribution is 0.688. The molecule has 0 unspecified atom stereocenters. The number of aromatic amines is 1. The Labute approximate surface area is 172 Å². The van der Waals surface area contributed by atoms with E-state index in [1.165, 1.54) is 17.3 Å². The zero-order valence-electron chi connectivity index (χ0n) is 16.1. The summed E-state index contributed by atoms with van der Waals surface area (Å²) in [6, 6.07) is 17.5. The van der Waals surface area contributed by atoms with E-state index >= 15 is 0 Å². The zero-order valence-corrected chi connectivity index (χ0v) is 16.9. The largest absolute Gasteiger partial charge is 0.309 e. The Bertz CT molecular complexity index is 1200. The van der Waals surface area contributed by atoms with E-state index in [0.29, 0.717) is 29.7 Å². The van der Waals surface area contributed by atoms with Gasteiger partial charge >= 0.3 is 0 Å². The molecule has 1 N–H and O–H groups in total. The summed E-state index contributed by atoms with van der Waals surface area (Å²) < 4.78 is 2.06. The van der Waals surface area contributed by atoms with Gasteiger partial charge in [0.1, 0.15) is 11.6 Å². The molecule has 2 heterocycles. The fourth-order valence-electron chi connectivity index (χ4n) is 3.14. The van der Waals surface area contributed by atoms with Crippen LogP contribution in [0.25, 0.3) is 10.9 Å². The van der Waals surface area contributed by atoms with Gasteiger partial charge in [-0.3, -0.25) is 4.79 Å². The molecule has 4 rings (SSSR count). The van der Waals surface area contributed by atoms with Crippen molar-refractivity contribution in [2.75, 3.05) is 0 Å². The fourth-order valence-corrected chi connectivity index (χ4v) is 4.07. The van der Waals surface area contributed by atoms with Crippen LogP contribution < -0.4 is 5.56 Å². The van der Waals surface area contributed by atoms with Crippen molar-refractivity contribution in [1.29, 1.82) is 0 Å². The molecule has 2 aromatic carbocycles. The van der Waals surface area contributed by atoms with E-state index in [-0.39, 0.29) is 10.8 Å². The molecule has 7 heteroatoms. The number of benzene rings is 2. The lowest BCUT2D eigenvalue weighted by Gasteiger charge is -2.12. The van der Waals surface area contributed by atoms with E-state index in [9.17, 15) is 4.79 Å². The van der Waals surface area contributed by atoms with Gasteiger partial charge in [0, 0.05) is 13.0 Å². The van der Waals surface area contributed by atoms with Crippen molar-refractivity contribution in [3.05, 3.63) is 94.8 Å². The summed E-state index contributed by atoms with van der Waals surface area (Å²) >= 11 is 1.52. The van der Waals surface area contributed by atoms with Crippen LogP contribution in [0.5, 0.6) is 0 Å². The van der Waals surface area contributed by atoms with Gasteiger partial charge < -0.3 is 9.55 Å². The minimum atomic E-state index is -0.129. The summed E-state index contributed by atoms with van der Waals surface area (Å²) in [4.78, 5) is 19.9. The van der Waals surface area contributed by atoms with Crippen molar-refractivity contribution in [2.45, 2.75) is 30.3 Å². The lowest BCUT2D eigenvalue weighted by atomic mass is 10.1. The molecule has 146 valence electrons. The van der Waals surface area contributed by atoms with Crippen LogP contribution in [0.3, 0.4) is 0 Å². The highest BCUT2D eigenvalue weighted by molar-refractivity contribution is 7.99. The maximum absolute atomic E-state index is 12.4. The Kier molecular flexibility index (Phi) is 5.57. The first-order chi connectivity index (χ1) is 14.2. The van der Waals surface area contributed by atoms with Crippen molar-refractivity contribution in [3.8, 4) is 0 Å². The van der Waals surface area contributed by atoms with Gasteiger partial charge in [-0.05, 0) is 24.6 Å². The number of allylic oxidation sites excluding steroid dienone is 1. The van der Waals surface area contributed by atoms with Crippen molar-refractivity contribution < 1.29 is 0 Å². The normalized spacial score (nSPS) is 12.2. The lowest BCUT2D eigenvalue weighted by Crippen LogP contribution is -2.13. The average molecular weight is 404 g/mol. The topological polar surface area (TPSA) is 76.5 Å². The molecular weight excluding hydrogens is 382 g/mol. The molecule has 1 atom stereocenters. The highest BCUT2D eigenvalue weighted by Crippen LogP contribution is 2.32. The number of hydrogen-bond donors (Lipinski definition) is 1. The van der Waals surface area contributed by atoms with Crippen molar-refractivity contribution >= 4 is 22.7 Å². The molecule has 0 aliphatic carbocycles. The summed E-state index contributed by atoms with van der Waals surface area (Å²) in [7, 11) is 0. The van der Waals surface area contributed by atoms with Crippen molar-refractivity contribution in [1.82, 2.24) is 24.7 Å². The summed E-state index contributed by atoms with van der Waals surface area (Å²) in [5, 5.41) is 10.1. The smallest absolute Gasteiger partial charge is 0.258 e. The molecule has 6 nitrogen and oxygen atoms in total. The molecule has 0 saturated carbocycles. The molecule has 29 heavy (non-hydrogen) atoms. The molecule has 4 aromatic rings. The minimum Gasteiger partial charge on any atom is -0.309 e. The number of thioether (sulfide) groups is 1. The summed E-state index contributed by atoms with van der Waals surface area (Å²) in [5.41, 5.74) is 1.74. The van der Waals surface area contributed by atoms with Crippen LogP contribution in [0.1, 0.15) is 29.4 Å². The van der Waals surface area contributed by atoms with Gasteiger partial charge in [0.05, 0.1) is 16.2 Å². The molecule has 0 bridgehead atoms. The third-order valence-electron chi connectivity index (χ3n) is 4.61. The van der Waals surface area contributed by atoms with Gasteiger partial charge in [-0.15, -0.1) is 16.8 Å². The summed E-state index contributed by atoms with van der Waals surface area (Å²) in [6.45, 7) is 6.48. The number of fused-ring (bicyclic) bond motifs is 1. The highest BCUT2D eigenvalue weighted by Gasteiger charge is 2.18. The molecule has 0 fully saturated rings. The quantitative estimate of drug-likeness (QED) is 0.371. The number of hydrogen-bond acceptors (Lipinski definition) is 5. The van der Waals surface area contributed by atoms with Crippen LogP contribution in [0.2, 0.25) is 0 Å². The molecule has 0 radical (unpaired) electrons. The Balaban J connectivity index is 1.62. The second kappa shape index (κ2) is 8.45. The maximum Gasteiger partial charge on any atom is 0.258 e. The van der Waals surface area contributed by atoms with Gasteiger partial charge in [0.2, 0.25) is 0 Å². The second-order valence-corrected chi connectivity index (χ2v) is 8.00. The number of nitrogens with zero attached hydrogens (tertiary/aromatic N) is 4. The van der Waals surface area contributed by atoms with E-state index in [1.807, 2.05) is 49.4 Å². The van der Waals surface area contributed by atoms with Crippen molar-refractivity contribution in [3.63, 3.8) is 0 Å². The molecule has 0 aliphatic rings. The van der Waals surface area contributed by atoms with E-state index in [4.69, 9.17) is 0 Å². The van der Waals surface area contributed by atoms with Crippen LogP contribution in [0.4, 0.5) is 0 Å². The number of H-pyrrole nitrogens is 1. The first-order valence-corrected chi connectivity index (χ1v) is 10.3. The van der Waals surface area contributed by atoms with E-state index < -0.39 is 0 Å². The number of rotatable bonds is 7. The predicted octanol–water partition coefficient (Wildman–Crippen LogP) is 4.14. The average Bonchev–Trinajstić information content (AvgIpc) is 3.10. The first-order valence-electron chi connectivity index (χ1n) is 9.38. The molecule has 0 aliphatic heterocycles. The number of para-hydroxylation sites is 1. The number of aromatic nitrogens is 5. The minimum absolute atomic E-state index is 0.0929. The fraction of sp³-hybridized carbons (Fsp3) is 0.182. The third-order valence-corrected chi connectivity index (χ3v) is 5.70. The van der Waals surface area contributed by atoms with Crippen LogP contribution in [0.15, 0.2) is 77.2 Å². The number of nitrogens with one attached hydrogen (secondary N) is 1. The first kappa shape index (κ1) is 19.1. The maximum atomic E-state index is 12.4. The van der Waals surface area contributed by atoms with Crippen LogP contribution in [-0.2, 0) is 13.0 Å². The van der Waals surface area contributed by atoms with Crippen LogP contribution in [-0.4, -0.2) is 24.7 Å². The van der Waals surface area contributed by atoms with Gasteiger partial charge in [-0.1, -0.05) is 60.3 Å². The molecule has 2 aromatic heterocycles. The molecule has 0 spiro atoms. The predicted molar refractivity (Wildman–Crippen MR) is 116 cm³/mol.